The minimum Gasteiger partial charge on any atom is -0.744 e. The monoisotopic (exact) mass is 347 g/mol. The van der Waals surface area contributed by atoms with Crippen LogP contribution in [0.5, 0.6) is 0 Å². The average Bonchev–Trinajstić information content (AvgIpc) is 2.24. The molecule has 2 rings (SSSR count). The topological polar surface area (TPSA) is 140 Å². The zero-order chi connectivity index (χ0) is 14.4. The van der Waals surface area contributed by atoms with Crippen LogP contribution < -0.4 is 64.8 Å². The summed E-state index contributed by atoms with van der Waals surface area (Å²) in [5.41, 5.74) is 5.00. The number of nitrogens with two attached hydrogens (primary N) is 1. The maximum Gasteiger partial charge on any atom is 1.00 e. The molecule has 7 nitrogen and oxygen atoms in total. The van der Waals surface area contributed by atoms with E-state index in [1.165, 1.54) is 12.1 Å². The van der Waals surface area contributed by atoms with Crippen molar-refractivity contribution >= 4 is 36.7 Å². The Bertz CT molecular complexity index is 880. The molecule has 0 heterocycles. The first-order valence-electron chi connectivity index (χ1n) is 4.85. The summed E-state index contributed by atoms with van der Waals surface area (Å²) in [4.78, 5) is -1.17. The molecule has 0 aromatic heterocycles. The van der Waals surface area contributed by atoms with Crippen LogP contribution >= 0.6 is 0 Å². The first kappa shape index (κ1) is 21.3. The summed E-state index contributed by atoms with van der Waals surface area (Å²) in [6, 6.07) is 5.66. The third-order valence-corrected chi connectivity index (χ3v) is 4.30. The largest absolute Gasteiger partial charge is 1.00 e. The van der Waals surface area contributed by atoms with Crippen molar-refractivity contribution in [1.29, 1.82) is 0 Å². The molecule has 21 heavy (non-hydrogen) atoms. The van der Waals surface area contributed by atoms with Gasteiger partial charge in [-0.3, -0.25) is 0 Å². The summed E-state index contributed by atoms with van der Waals surface area (Å²) in [5.74, 6) is 0. The van der Waals surface area contributed by atoms with Gasteiger partial charge in [-0.1, -0.05) is 12.1 Å². The first-order chi connectivity index (χ1) is 8.60. The van der Waals surface area contributed by atoms with E-state index in [1.807, 2.05) is 0 Å². The number of nitrogen functional groups attached to an aromatic ring is 1. The van der Waals surface area contributed by atoms with Crippen molar-refractivity contribution in [3.63, 3.8) is 0 Å². The summed E-state index contributed by atoms with van der Waals surface area (Å²) in [6.07, 6.45) is 0. The van der Waals surface area contributed by atoms with E-state index in [1.54, 1.807) is 0 Å². The Morgan fingerprint density at radius 3 is 1.86 bits per heavy atom. The zero-order valence-electron chi connectivity index (χ0n) is 11.2. The standard InChI is InChI=1S/C10H9NO6S2.2Na/c11-8-5-7-6(4-10(8)19(15,16)17)2-1-3-9(7)18(12,13)14;;/h1-5H,11H2,(H,12,13,14)(H,15,16,17);;/q;2*+1/p-2. The van der Waals surface area contributed by atoms with Gasteiger partial charge in [-0.05, 0) is 23.6 Å². The summed E-state index contributed by atoms with van der Waals surface area (Å²) in [6.45, 7) is 0. The number of rotatable bonds is 2. The molecule has 11 heteroatoms. The van der Waals surface area contributed by atoms with Crippen LogP contribution in [0.3, 0.4) is 0 Å². The average molecular weight is 347 g/mol. The summed E-state index contributed by atoms with van der Waals surface area (Å²) in [7, 11) is -9.50. The Balaban J connectivity index is 0.00000200. The Labute approximate surface area is 166 Å². The minimum absolute atomic E-state index is 0. The normalized spacial score (nSPS) is 11.5. The van der Waals surface area contributed by atoms with Crippen molar-refractivity contribution in [2.24, 2.45) is 0 Å². The molecule has 2 aromatic rings. The van der Waals surface area contributed by atoms with Gasteiger partial charge in [0.15, 0.2) is 0 Å². The molecule has 0 bridgehead atoms. The molecule has 2 N–H and O–H groups in total. The molecular weight excluding hydrogens is 340 g/mol. The van der Waals surface area contributed by atoms with Gasteiger partial charge in [0, 0.05) is 11.1 Å². The predicted octanol–water partition coefficient (Wildman–Crippen LogP) is -5.76. The molecule has 2 aromatic carbocycles. The maximum atomic E-state index is 11.1. The Hall–Kier alpha value is 0.320. The molecule has 0 unspecified atom stereocenters. The van der Waals surface area contributed by atoms with Gasteiger partial charge >= 0.3 is 59.1 Å². The Morgan fingerprint density at radius 2 is 1.38 bits per heavy atom. The molecule has 0 aliphatic rings. The molecule has 102 valence electrons. The van der Waals surface area contributed by atoms with Gasteiger partial charge in [-0.15, -0.1) is 0 Å². The molecule has 0 aliphatic heterocycles. The van der Waals surface area contributed by atoms with E-state index in [-0.39, 0.29) is 69.9 Å². The van der Waals surface area contributed by atoms with Gasteiger partial charge in [0.2, 0.25) is 0 Å². The van der Waals surface area contributed by atoms with E-state index in [2.05, 4.69) is 0 Å². The molecule has 0 saturated heterocycles. The van der Waals surface area contributed by atoms with Crippen molar-refractivity contribution in [3.05, 3.63) is 30.3 Å². The van der Waals surface area contributed by atoms with Crippen molar-refractivity contribution in [1.82, 2.24) is 0 Å². The van der Waals surface area contributed by atoms with Crippen LogP contribution in [0.25, 0.3) is 10.8 Å². The Kier molecular flexibility index (Phi) is 7.37. The Morgan fingerprint density at radius 1 is 0.857 bits per heavy atom. The van der Waals surface area contributed by atoms with Crippen LogP contribution in [0.2, 0.25) is 0 Å². The molecule has 0 fully saturated rings. The fraction of sp³-hybridized carbons (Fsp3) is 0. The summed E-state index contributed by atoms with van der Waals surface area (Å²) in [5, 5.41) is 0.1000. The fourth-order valence-electron chi connectivity index (χ4n) is 1.73. The molecule has 0 atom stereocenters. The quantitative estimate of drug-likeness (QED) is 0.324. The maximum absolute atomic E-state index is 11.1. The van der Waals surface area contributed by atoms with Crippen LogP contribution in [0.4, 0.5) is 5.69 Å². The fourth-order valence-corrected chi connectivity index (χ4v) is 3.04. The first-order valence-corrected chi connectivity index (χ1v) is 7.66. The molecule has 0 saturated carbocycles. The smallest absolute Gasteiger partial charge is 0.744 e. The van der Waals surface area contributed by atoms with Gasteiger partial charge in [0.05, 0.1) is 9.79 Å². The third kappa shape index (κ3) is 4.64. The van der Waals surface area contributed by atoms with Crippen molar-refractivity contribution in [3.8, 4) is 0 Å². The van der Waals surface area contributed by atoms with Gasteiger partial charge < -0.3 is 14.8 Å². The number of hydrogen-bond donors (Lipinski definition) is 1. The second-order valence-corrected chi connectivity index (χ2v) is 6.47. The molecule has 0 aliphatic carbocycles. The number of anilines is 1. The molecule has 0 radical (unpaired) electrons. The molecule has 0 spiro atoms. The van der Waals surface area contributed by atoms with Gasteiger partial charge in [0.1, 0.15) is 20.2 Å². The molecule has 0 amide bonds. The predicted molar refractivity (Wildman–Crippen MR) is 64.3 cm³/mol. The van der Waals surface area contributed by atoms with E-state index in [4.69, 9.17) is 5.73 Å². The van der Waals surface area contributed by atoms with Crippen LogP contribution in [-0.2, 0) is 20.2 Å². The van der Waals surface area contributed by atoms with E-state index in [9.17, 15) is 25.9 Å². The number of benzene rings is 2. The second kappa shape index (κ2) is 7.26. The van der Waals surface area contributed by atoms with Crippen molar-refractivity contribution < 1.29 is 85.1 Å². The number of fused-ring (bicyclic) bond motifs is 1. The van der Waals surface area contributed by atoms with Gasteiger partial charge in [0.25, 0.3) is 0 Å². The van der Waals surface area contributed by atoms with E-state index in [0.717, 1.165) is 18.2 Å². The molecular formula is C10H7NNa2O6S2. The van der Waals surface area contributed by atoms with E-state index >= 15 is 0 Å². The third-order valence-electron chi connectivity index (χ3n) is 2.51. The van der Waals surface area contributed by atoms with Crippen LogP contribution in [0, 0.1) is 0 Å². The van der Waals surface area contributed by atoms with E-state index < -0.39 is 35.7 Å². The van der Waals surface area contributed by atoms with Gasteiger partial charge in [-0.2, -0.15) is 0 Å². The minimum atomic E-state index is -4.78. The van der Waals surface area contributed by atoms with Crippen molar-refractivity contribution in [2.75, 3.05) is 5.73 Å². The van der Waals surface area contributed by atoms with Crippen molar-refractivity contribution in [2.45, 2.75) is 9.79 Å². The van der Waals surface area contributed by atoms with Crippen LogP contribution in [-0.4, -0.2) is 25.9 Å². The zero-order valence-corrected chi connectivity index (χ0v) is 16.9. The number of hydrogen-bond acceptors (Lipinski definition) is 7. The van der Waals surface area contributed by atoms with Crippen LogP contribution in [0.1, 0.15) is 0 Å². The SMILES string of the molecule is Nc1cc2c(S(=O)(=O)[O-])cccc2cc1S(=O)(=O)[O-].[Na+].[Na+]. The summed E-state index contributed by atoms with van der Waals surface area (Å²) >= 11 is 0. The van der Waals surface area contributed by atoms with E-state index in [0.29, 0.717) is 0 Å². The van der Waals surface area contributed by atoms with Crippen LogP contribution in [0.15, 0.2) is 40.1 Å². The van der Waals surface area contributed by atoms with Gasteiger partial charge in [-0.25, -0.2) is 16.8 Å². The summed E-state index contributed by atoms with van der Waals surface area (Å²) < 4.78 is 66.1. The second-order valence-electron chi connectivity index (χ2n) is 3.78.